The van der Waals surface area contributed by atoms with Crippen LogP contribution in [-0.4, -0.2) is 29.1 Å². The smallest absolute Gasteiger partial charge is 0.329 e. The highest BCUT2D eigenvalue weighted by molar-refractivity contribution is 5.42. The summed E-state index contributed by atoms with van der Waals surface area (Å²) in [4.78, 5) is 14.0. The molecule has 1 aromatic heterocycles. The molecule has 1 fully saturated rings. The molecular weight excluding hydrogens is 222 g/mol. The summed E-state index contributed by atoms with van der Waals surface area (Å²) in [7, 11) is 0. The van der Waals surface area contributed by atoms with Crippen molar-refractivity contribution < 1.29 is 9.66 Å². The predicted octanol–water partition coefficient (Wildman–Crippen LogP) is 1.51. The molecule has 1 atom stereocenters. The molecule has 0 spiro atoms. The lowest BCUT2D eigenvalue weighted by Crippen LogP contribution is -2.38. The highest BCUT2D eigenvalue weighted by atomic mass is 16.6. The second-order valence-electron chi connectivity index (χ2n) is 4.06. The highest BCUT2D eigenvalue weighted by Gasteiger charge is 2.18. The lowest BCUT2D eigenvalue weighted by molar-refractivity contribution is -0.386. The van der Waals surface area contributed by atoms with E-state index in [0.717, 1.165) is 13.0 Å². The summed E-state index contributed by atoms with van der Waals surface area (Å²) in [6.07, 6.45) is 6.13. The number of hydrogen-bond acceptors (Lipinski definition) is 5. The van der Waals surface area contributed by atoms with Crippen molar-refractivity contribution in [1.82, 2.24) is 10.3 Å². The summed E-state index contributed by atoms with van der Waals surface area (Å²) in [5.74, 6) is 0.289. The summed E-state index contributed by atoms with van der Waals surface area (Å²) in [6.45, 7) is 1.46. The Labute approximate surface area is 99.2 Å². The van der Waals surface area contributed by atoms with E-state index in [2.05, 4.69) is 10.3 Å². The molecular formula is C11H15N3O3. The molecule has 0 radical (unpaired) electrons. The first-order valence-corrected chi connectivity index (χ1v) is 5.72. The first-order valence-electron chi connectivity index (χ1n) is 5.72. The van der Waals surface area contributed by atoms with Crippen LogP contribution in [0.5, 0.6) is 5.75 Å². The molecule has 2 rings (SSSR count). The van der Waals surface area contributed by atoms with Crippen LogP contribution in [0, 0.1) is 10.1 Å². The Kier molecular flexibility index (Phi) is 3.87. The topological polar surface area (TPSA) is 77.3 Å². The van der Waals surface area contributed by atoms with Crippen molar-refractivity contribution >= 4 is 5.69 Å². The molecule has 1 aliphatic rings. The van der Waals surface area contributed by atoms with Crippen LogP contribution in [0.1, 0.15) is 19.3 Å². The molecule has 1 aromatic rings. The number of nitro groups is 1. The number of hydrogen-bond donors (Lipinski definition) is 1. The van der Waals surface area contributed by atoms with Gasteiger partial charge in [0.15, 0.2) is 5.75 Å². The van der Waals surface area contributed by atoms with Crippen molar-refractivity contribution in [2.75, 3.05) is 13.2 Å². The largest absolute Gasteiger partial charge is 0.485 e. The van der Waals surface area contributed by atoms with Gasteiger partial charge in [-0.3, -0.25) is 15.1 Å². The third-order valence-corrected chi connectivity index (χ3v) is 2.81. The molecule has 17 heavy (non-hydrogen) atoms. The standard InChI is InChI=1S/C11H15N3O3/c15-14(16)10-7-12-6-4-11(10)17-8-9-3-1-2-5-13-9/h4,6-7,9,13H,1-3,5,8H2. The summed E-state index contributed by atoms with van der Waals surface area (Å²) < 4.78 is 5.49. The molecule has 92 valence electrons. The Balaban J connectivity index is 1.96. The number of nitrogens with zero attached hydrogens (tertiary/aromatic N) is 2. The van der Waals surface area contributed by atoms with Gasteiger partial charge in [-0.1, -0.05) is 6.42 Å². The first-order chi connectivity index (χ1) is 8.27. The normalized spacial score (nSPS) is 19.9. The zero-order valence-electron chi connectivity index (χ0n) is 9.46. The van der Waals surface area contributed by atoms with Crippen LogP contribution in [0.15, 0.2) is 18.5 Å². The maximum atomic E-state index is 10.7. The van der Waals surface area contributed by atoms with Gasteiger partial charge in [0.2, 0.25) is 0 Å². The number of piperidine rings is 1. The molecule has 0 saturated carbocycles. The third kappa shape index (κ3) is 3.13. The van der Waals surface area contributed by atoms with Crippen molar-refractivity contribution in [1.29, 1.82) is 0 Å². The second-order valence-corrected chi connectivity index (χ2v) is 4.06. The SMILES string of the molecule is O=[N+]([O-])c1cnccc1OCC1CCCCN1. The van der Waals surface area contributed by atoms with E-state index in [1.54, 1.807) is 0 Å². The molecule has 0 aromatic carbocycles. The van der Waals surface area contributed by atoms with Crippen LogP contribution >= 0.6 is 0 Å². The Hall–Kier alpha value is -1.69. The molecule has 2 heterocycles. The average Bonchev–Trinajstić information content (AvgIpc) is 2.38. The van der Waals surface area contributed by atoms with Crippen molar-refractivity contribution in [2.24, 2.45) is 0 Å². The van der Waals surface area contributed by atoms with E-state index >= 15 is 0 Å². The fourth-order valence-electron chi connectivity index (χ4n) is 1.89. The molecule has 1 saturated heterocycles. The number of rotatable bonds is 4. The van der Waals surface area contributed by atoms with Crippen molar-refractivity contribution in [3.8, 4) is 5.75 Å². The number of ether oxygens (including phenoxy) is 1. The number of nitrogens with one attached hydrogen (secondary N) is 1. The van der Waals surface area contributed by atoms with Gasteiger partial charge in [0.05, 0.1) is 4.92 Å². The Bertz CT molecular complexity index is 391. The molecule has 0 amide bonds. The van der Waals surface area contributed by atoms with Gasteiger partial charge in [0.25, 0.3) is 0 Å². The zero-order chi connectivity index (χ0) is 12.1. The van der Waals surface area contributed by atoms with Gasteiger partial charge in [0.1, 0.15) is 12.8 Å². The van der Waals surface area contributed by atoms with Crippen molar-refractivity contribution in [2.45, 2.75) is 25.3 Å². The molecule has 6 heteroatoms. The minimum absolute atomic E-state index is 0.0803. The van der Waals surface area contributed by atoms with Gasteiger partial charge in [-0.05, 0) is 19.4 Å². The maximum Gasteiger partial charge on any atom is 0.329 e. The van der Waals surface area contributed by atoms with Gasteiger partial charge >= 0.3 is 5.69 Å². The van der Waals surface area contributed by atoms with Crippen LogP contribution in [0.2, 0.25) is 0 Å². The maximum absolute atomic E-state index is 10.7. The molecule has 0 aliphatic carbocycles. The molecule has 6 nitrogen and oxygen atoms in total. The second kappa shape index (κ2) is 5.58. The van der Waals surface area contributed by atoms with Gasteiger partial charge in [-0.15, -0.1) is 0 Å². The Morgan fingerprint density at radius 2 is 2.47 bits per heavy atom. The Morgan fingerprint density at radius 1 is 1.59 bits per heavy atom. The lowest BCUT2D eigenvalue weighted by atomic mass is 10.1. The number of aromatic nitrogens is 1. The molecule has 1 unspecified atom stereocenters. The average molecular weight is 237 g/mol. The van der Waals surface area contributed by atoms with E-state index in [-0.39, 0.29) is 17.5 Å². The van der Waals surface area contributed by atoms with Gasteiger partial charge < -0.3 is 10.1 Å². The first kappa shape index (κ1) is 11.8. The summed E-state index contributed by atoms with van der Waals surface area (Å²) in [5, 5.41) is 14.1. The van der Waals surface area contributed by atoms with E-state index in [4.69, 9.17) is 4.74 Å². The summed E-state index contributed by atoms with van der Waals surface area (Å²) in [6, 6.07) is 1.82. The van der Waals surface area contributed by atoms with E-state index in [1.165, 1.54) is 31.3 Å². The van der Waals surface area contributed by atoms with E-state index < -0.39 is 4.92 Å². The van der Waals surface area contributed by atoms with Gasteiger partial charge in [0, 0.05) is 18.3 Å². The highest BCUT2D eigenvalue weighted by Crippen LogP contribution is 2.25. The summed E-state index contributed by atoms with van der Waals surface area (Å²) in [5.41, 5.74) is -0.0803. The predicted molar refractivity (Wildman–Crippen MR) is 62.0 cm³/mol. The molecule has 0 bridgehead atoms. The molecule has 1 N–H and O–H groups in total. The fraction of sp³-hybridized carbons (Fsp3) is 0.545. The minimum atomic E-state index is -0.476. The van der Waals surface area contributed by atoms with E-state index in [9.17, 15) is 10.1 Å². The Morgan fingerprint density at radius 3 is 3.18 bits per heavy atom. The number of pyridine rings is 1. The quantitative estimate of drug-likeness (QED) is 0.634. The van der Waals surface area contributed by atoms with Crippen molar-refractivity contribution in [3.63, 3.8) is 0 Å². The van der Waals surface area contributed by atoms with E-state index in [1.807, 2.05) is 0 Å². The van der Waals surface area contributed by atoms with Crippen LogP contribution in [0.25, 0.3) is 0 Å². The van der Waals surface area contributed by atoms with Crippen LogP contribution in [-0.2, 0) is 0 Å². The van der Waals surface area contributed by atoms with Crippen LogP contribution in [0.3, 0.4) is 0 Å². The van der Waals surface area contributed by atoms with Crippen LogP contribution < -0.4 is 10.1 Å². The third-order valence-electron chi connectivity index (χ3n) is 2.81. The van der Waals surface area contributed by atoms with Crippen LogP contribution in [0.4, 0.5) is 5.69 Å². The monoisotopic (exact) mass is 237 g/mol. The fourth-order valence-corrected chi connectivity index (χ4v) is 1.89. The van der Waals surface area contributed by atoms with E-state index in [0.29, 0.717) is 6.61 Å². The van der Waals surface area contributed by atoms with Gasteiger partial charge in [-0.2, -0.15) is 0 Å². The lowest BCUT2D eigenvalue weighted by Gasteiger charge is -2.23. The summed E-state index contributed by atoms with van der Waals surface area (Å²) >= 11 is 0. The van der Waals surface area contributed by atoms with Crippen molar-refractivity contribution in [3.05, 3.63) is 28.6 Å². The minimum Gasteiger partial charge on any atom is -0.485 e. The van der Waals surface area contributed by atoms with Gasteiger partial charge in [-0.25, -0.2) is 0 Å². The molecule has 1 aliphatic heterocycles. The zero-order valence-corrected chi connectivity index (χ0v) is 9.46.